The maximum Gasteiger partial charge on any atom is 0.226 e. The summed E-state index contributed by atoms with van der Waals surface area (Å²) in [6, 6.07) is 17.7. The average molecular weight is 334 g/mol. The standard InChI is InChI=1S/C20H22N4O/c1-24(2)17-10-8-16(9-11-17)23-19(25)12-14-21-18-7-3-5-15-6-4-13-22-20(15)18/h3-11,13,21H,12,14H2,1-2H3,(H,23,25). The Morgan fingerprint density at radius 1 is 1.04 bits per heavy atom. The van der Waals surface area contributed by atoms with Gasteiger partial charge in [-0.05, 0) is 36.4 Å². The van der Waals surface area contributed by atoms with Gasteiger partial charge in [-0.15, -0.1) is 0 Å². The summed E-state index contributed by atoms with van der Waals surface area (Å²) < 4.78 is 0. The monoisotopic (exact) mass is 334 g/mol. The lowest BCUT2D eigenvalue weighted by molar-refractivity contribution is -0.115. The topological polar surface area (TPSA) is 57.3 Å². The molecule has 128 valence electrons. The first kappa shape index (κ1) is 16.8. The fraction of sp³-hybridized carbons (Fsp3) is 0.200. The molecule has 2 aromatic carbocycles. The molecule has 3 aromatic rings. The number of nitrogens with zero attached hydrogens (tertiary/aromatic N) is 2. The number of hydrogen-bond donors (Lipinski definition) is 2. The van der Waals surface area contributed by atoms with E-state index in [1.54, 1.807) is 6.20 Å². The Kier molecular flexibility index (Phi) is 5.14. The molecule has 0 fully saturated rings. The zero-order valence-electron chi connectivity index (χ0n) is 14.5. The predicted molar refractivity (Wildman–Crippen MR) is 104 cm³/mol. The van der Waals surface area contributed by atoms with Crippen LogP contribution in [0.15, 0.2) is 60.8 Å². The number of hydrogen-bond acceptors (Lipinski definition) is 4. The highest BCUT2D eigenvalue weighted by Crippen LogP contribution is 2.20. The average Bonchev–Trinajstić information content (AvgIpc) is 2.62. The number of carbonyl (C=O) groups excluding carboxylic acids is 1. The number of pyridine rings is 1. The molecule has 0 spiro atoms. The van der Waals surface area contributed by atoms with Gasteiger partial charge in [0.2, 0.25) is 5.91 Å². The third kappa shape index (κ3) is 4.26. The molecule has 0 bridgehead atoms. The van der Waals surface area contributed by atoms with E-state index >= 15 is 0 Å². The zero-order valence-corrected chi connectivity index (χ0v) is 14.5. The first-order valence-corrected chi connectivity index (χ1v) is 8.28. The molecule has 25 heavy (non-hydrogen) atoms. The molecule has 5 nitrogen and oxygen atoms in total. The van der Waals surface area contributed by atoms with Gasteiger partial charge >= 0.3 is 0 Å². The summed E-state index contributed by atoms with van der Waals surface area (Å²) in [5.41, 5.74) is 3.77. The Morgan fingerprint density at radius 2 is 1.80 bits per heavy atom. The number of carbonyl (C=O) groups is 1. The van der Waals surface area contributed by atoms with E-state index in [1.807, 2.05) is 73.6 Å². The number of rotatable bonds is 6. The van der Waals surface area contributed by atoms with Crippen LogP contribution in [0.1, 0.15) is 6.42 Å². The fourth-order valence-electron chi connectivity index (χ4n) is 2.62. The minimum atomic E-state index is -0.0155. The van der Waals surface area contributed by atoms with Crippen molar-refractivity contribution < 1.29 is 4.79 Å². The van der Waals surface area contributed by atoms with Gasteiger partial charge in [-0.3, -0.25) is 9.78 Å². The van der Waals surface area contributed by atoms with Gasteiger partial charge in [0.25, 0.3) is 0 Å². The highest BCUT2D eigenvalue weighted by atomic mass is 16.1. The number of fused-ring (bicyclic) bond motifs is 1. The highest BCUT2D eigenvalue weighted by Gasteiger charge is 2.05. The van der Waals surface area contributed by atoms with E-state index in [2.05, 4.69) is 15.6 Å². The van der Waals surface area contributed by atoms with Crippen LogP contribution in [0.4, 0.5) is 17.1 Å². The molecule has 0 aliphatic heterocycles. The summed E-state index contributed by atoms with van der Waals surface area (Å²) >= 11 is 0. The Morgan fingerprint density at radius 3 is 2.56 bits per heavy atom. The largest absolute Gasteiger partial charge is 0.383 e. The molecule has 0 radical (unpaired) electrons. The Bertz CT molecular complexity index is 854. The number of aromatic nitrogens is 1. The molecular weight excluding hydrogens is 312 g/mol. The lowest BCUT2D eigenvalue weighted by atomic mass is 10.2. The molecule has 3 rings (SSSR count). The van der Waals surface area contributed by atoms with Crippen LogP contribution < -0.4 is 15.5 Å². The summed E-state index contributed by atoms with van der Waals surface area (Å²) in [7, 11) is 3.97. The Balaban J connectivity index is 1.54. The van der Waals surface area contributed by atoms with E-state index in [4.69, 9.17) is 0 Å². The van der Waals surface area contributed by atoms with Crippen LogP contribution in [0.3, 0.4) is 0 Å². The van der Waals surface area contributed by atoms with Crippen molar-refractivity contribution in [2.45, 2.75) is 6.42 Å². The lowest BCUT2D eigenvalue weighted by Crippen LogP contribution is -2.16. The zero-order chi connectivity index (χ0) is 17.6. The van der Waals surface area contributed by atoms with Crippen molar-refractivity contribution in [3.63, 3.8) is 0 Å². The number of para-hydroxylation sites is 1. The van der Waals surface area contributed by atoms with Crippen LogP contribution in [-0.4, -0.2) is 31.5 Å². The molecule has 0 saturated heterocycles. The van der Waals surface area contributed by atoms with E-state index in [0.717, 1.165) is 28.0 Å². The van der Waals surface area contributed by atoms with Crippen LogP contribution in [0.2, 0.25) is 0 Å². The number of anilines is 3. The number of nitrogens with one attached hydrogen (secondary N) is 2. The summed E-state index contributed by atoms with van der Waals surface area (Å²) in [5, 5.41) is 7.30. The van der Waals surface area contributed by atoms with E-state index in [1.165, 1.54) is 0 Å². The smallest absolute Gasteiger partial charge is 0.226 e. The van der Waals surface area contributed by atoms with Gasteiger partial charge in [0.1, 0.15) is 0 Å². The summed E-state index contributed by atoms with van der Waals surface area (Å²) in [6.45, 7) is 0.553. The SMILES string of the molecule is CN(C)c1ccc(NC(=O)CCNc2cccc3cccnc23)cc1. The first-order chi connectivity index (χ1) is 12.1. The molecule has 0 aliphatic rings. The van der Waals surface area contributed by atoms with Crippen LogP contribution in [0, 0.1) is 0 Å². The minimum absolute atomic E-state index is 0.0155. The second-order valence-electron chi connectivity index (χ2n) is 6.05. The first-order valence-electron chi connectivity index (χ1n) is 8.28. The van der Waals surface area contributed by atoms with Crippen molar-refractivity contribution in [3.05, 3.63) is 60.8 Å². The summed E-state index contributed by atoms with van der Waals surface area (Å²) in [6.07, 6.45) is 2.16. The van der Waals surface area contributed by atoms with Crippen molar-refractivity contribution in [1.82, 2.24) is 4.98 Å². The van der Waals surface area contributed by atoms with Crippen LogP contribution in [-0.2, 0) is 4.79 Å². The van der Waals surface area contributed by atoms with Crippen molar-refractivity contribution in [2.24, 2.45) is 0 Å². The fourth-order valence-corrected chi connectivity index (χ4v) is 2.62. The van der Waals surface area contributed by atoms with Crippen LogP contribution >= 0.6 is 0 Å². The molecule has 0 saturated carbocycles. The molecule has 5 heteroatoms. The number of benzene rings is 2. The van der Waals surface area contributed by atoms with Gasteiger partial charge in [0, 0.05) is 50.0 Å². The quantitative estimate of drug-likeness (QED) is 0.721. The highest BCUT2D eigenvalue weighted by molar-refractivity contribution is 5.92. The summed E-state index contributed by atoms with van der Waals surface area (Å²) in [5.74, 6) is -0.0155. The van der Waals surface area contributed by atoms with Gasteiger partial charge in [0.05, 0.1) is 11.2 Å². The van der Waals surface area contributed by atoms with E-state index in [9.17, 15) is 4.79 Å². The van der Waals surface area contributed by atoms with Gasteiger partial charge in [-0.2, -0.15) is 0 Å². The van der Waals surface area contributed by atoms with Crippen LogP contribution in [0.25, 0.3) is 10.9 Å². The minimum Gasteiger partial charge on any atom is -0.383 e. The molecule has 0 aliphatic carbocycles. The number of amides is 1. The van der Waals surface area contributed by atoms with Gasteiger partial charge in [-0.1, -0.05) is 18.2 Å². The normalized spacial score (nSPS) is 10.5. The molecule has 1 aromatic heterocycles. The van der Waals surface area contributed by atoms with Gasteiger partial charge in [0.15, 0.2) is 0 Å². The third-order valence-electron chi connectivity index (χ3n) is 3.97. The molecule has 0 atom stereocenters. The third-order valence-corrected chi connectivity index (χ3v) is 3.97. The molecule has 1 amide bonds. The van der Waals surface area contributed by atoms with Crippen LogP contribution in [0.5, 0.6) is 0 Å². The second kappa shape index (κ2) is 7.66. The van der Waals surface area contributed by atoms with E-state index in [0.29, 0.717) is 13.0 Å². The predicted octanol–water partition coefficient (Wildman–Crippen LogP) is 3.74. The van der Waals surface area contributed by atoms with Gasteiger partial charge < -0.3 is 15.5 Å². The van der Waals surface area contributed by atoms with Crippen molar-refractivity contribution >= 4 is 33.9 Å². The Labute approximate surface area is 147 Å². The van der Waals surface area contributed by atoms with Crippen molar-refractivity contribution in [3.8, 4) is 0 Å². The van der Waals surface area contributed by atoms with E-state index in [-0.39, 0.29) is 5.91 Å². The van der Waals surface area contributed by atoms with Crippen molar-refractivity contribution in [1.29, 1.82) is 0 Å². The molecule has 1 heterocycles. The van der Waals surface area contributed by atoms with Crippen molar-refractivity contribution in [2.75, 3.05) is 36.2 Å². The van der Waals surface area contributed by atoms with Gasteiger partial charge in [-0.25, -0.2) is 0 Å². The maximum atomic E-state index is 12.1. The lowest BCUT2D eigenvalue weighted by Gasteiger charge is -2.13. The summed E-state index contributed by atoms with van der Waals surface area (Å²) in [4.78, 5) is 18.5. The molecule has 0 unspecified atom stereocenters. The van der Waals surface area contributed by atoms with E-state index < -0.39 is 0 Å². The Hall–Kier alpha value is -3.08. The maximum absolute atomic E-state index is 12.1. The molecule has 2 N–H and O–H groups in total. The molecular formula is C20H22N4O. The second-order valence-corrected chi connectivity index (χ2v) is 6.05.